The normalized spacial score (nSPS) is 10.8. The van der Waals surface area contributed by atoms with Crippen molar-refractivity contribution in [2.24, 2.45) is 0 Å². The molecule has 0 unspecified atom stereocenters. The summed E-state index contributed by atoms with van der Waals surface area (Å²) in [4.78, 5) is 13.9. The lowest BCUT2D eigenvalue weighted by Crippen LogP contribution is -2.29. The van der Waals surface area contributed by atoms with Gasteiger partial charge in [0.25, 0.3) is 0 Å². The van der Waals surface area contributed by atoms with Crippen LogP contribution in [-0.4, -0.2) is 24.4 Å². The summed E-state index contributed by atoms with van der Waals surface area (Å²) in [7, 11) is 1.89. The summed E-state index contributed by atoms with van der Waals surface area (Å²) in [5.41, 5.74) is 8.10. The smallest absolute Gasteiger partial charge is 0.238 e. The van der Waals surface area contributed by atoms with Crippen molar-refractivity contribution in [2.75, 3.05) is 24.6 Å². The molecule has 106 valence electrons. The van der Waals surface area contributed by atoms with Gasteiger partial charge in [-0.05, 0) is 38.2 Å². The predicted molar refractivity (Wildman–Crippen MR) is 79.3 cm³/mol. The van der Waals surface area contributed by atoms with Crippen LogP contribution < -0.4 is 11.1 Å². The summed E-state index contributed by atoms with van der Waals surface area (Å²) < 4.78 is 5.24. The van der Waals surface area contributed by atoms with Gasteiger partial charge in [0.15, 0.2) is 0 Å². The number of nitrogens with one attached hydrogen (secondary N) is 1. The van der Waals surface area contributed by atoms with E-state index in [-0.39, 0.29) is 5.91 Å². The Bertz CT molecular complexity index is 592. The van der Waals surface area contributed by atoms with Crippen molar-refractivity contribution >= 4 is 17.3 Å². The molecule has 3 N–H and O–H groups in total. The highest BCUT2D eigenvalue weighted by Crippen LogP contribution is 2.13. The second kappa shape index (κ2) is 6.25. The van der Waals surface area contributed by atoms with E-state index in [1.165, 1.54) is 0 Å². The minimum absolute atomic E-state index is 0.0701. The van der Waals surface area contributed by atoms with Crippen molar-refractivity contribution in [2.45, 2.75) is 13.5 Å². The van der Waals surface area contributed by atoms with Gasteiger partial charge in [0.1, 0.15) is 5.76 Å². The topological polar surface area (TPSA) is 71.5 Å². The second-order valence-corrected chi connectivity index (χ2v) is 4.85. The number of nitrogen functional groups attached to an aromatic ring is 1. The standard InChI is InChI=1S/C15H19N3O2/c1-11-12(6-7-20-11)9-18(2)10-15(19)17-14-5-3-4-13(16)8-14/h3-8H,9-10,16H2,1-2H3,(H,17,19). The Hall–Kier alpha value is -2.27. The maximum absolute atomic E-state index is 11.9. The van der Waals surface area contributed by atoms with Crippen molar-refractivity contribution in [1.29, 1.82) is 0 Å². The first kappa shape index (κ1) is 14.1. The zero-order valence-electron chi connectivity index (χ0n) is 11.7. The monoisotopic (exact) mass is 273 g/mol. The van der Waals surface area contributed by atoms with E-state index < -0.39 is 0 Å². The van der Waals surface area contributed by atoms with Crippen LogP contribution in [0.2, 0.25) is 0 Å². The molecule has 20 heavy (non-hydrogen) atoms. The van der Waals surface area contributed by atoms with Crippen LogP contribution >= 0.6 is 0 Å². The molecule has 0 aliphatic heterocycles. The zero-order chi connectivity index (χ0) is 14.5. The molecule has 1 amide bonds. The molecular formula is C15H19N3O2. The minimum atomic E-state index is -0.0701. The Morgan fingerprint density at radius 1 is 1.40 bits per heavy atom. The van der Waals surface area contributed by atoms with Gasteiger partial charge in [-0.2, -0.15) is 0 Å². The molecule has 1 aromatic heterocycles. The van der Waals surface area contributed by atoms with Gasteiger partial charge in [0, 0.05) is 23.5 Å². The van der Waals surface area contributed by atoms with Crippen molar-refractivity contribution < 1.29 is 9.21 Å². The first-order valence-corrected chi connectivity index (χ1v) is 6.41. The molecule has 5 nitrogen and oxygen atoms in total. The fourth-order valence-corrected chi connectivity index (χ4v) is 1.98. The lowest BCUT2D eigenvalue weighted by Gasteiger charge is -2.16. The minimum Gasteiger partial charge on any atom is -0.469 e. The Morgan fingerprint density at radius 3 is 2.85 bits per heavy atom. The molecule has 0 bridgehead atoms. The molecule has 0 atom stereocenters. The number of hydrogen-bond acceptors (Lipinski definition) is 4. The van der Waals surface area contributed by atoms with E-state index in [0.717, 1.165) is 11.3 Å². The number of nitrogens with two attached hydrogens (primary N) is 1. The highest BCUT2D eigenvalue weighted by molar-refractivity contribution is 5.92. The van der Waals surface area contributed by atoms with E-state index in [4.69, 9.17) is 10.2 Å². The molecule has 0 spiro atoms. The van der Waals surface area contributed by atoms with Gasteiger partial charge in [-0.3, -0.25) is 9.69 Å². The number of rotatable bonds is 5. The van der Waals surface area contributed by atoms with Gasteiger partial charge >= 0.3 is 0 Å². The predicted octanol–water partition coefficient (Wildman–Crippen LogP) is 2.24. The van der Waals surface area contributed by atoms with E-state index in [2.05, 4.69) is 5.32 Å². The number of nitrogens with zero attached hydrogens (tertiary/aromatic N) is 1. The summed E-state index contributed by atoms with van der Waals surface area (Å²) in [6.45, 7) is 2.89. The first-order chi connectivity index (χ1) is 9.54. The number of amides is 1. The van der Waals surface area contributed by atoms with Crippen molar-refractivity contribution in [3.8, 4) is 0 Å². The number of aryl methyl sites for hydroxylation is 1. The molecule has 0 radical (unpaired) electrons. The lowest BCUT2D eigenvalue weighted by molar-refractivity contribution is -0.117. The Kier molecular flexibility index (Phi) is 4.42. The van der Waals surface area contributed by atoms with Crippen molar-refractivity contribution in [3.63, 3.8) is 0 Å². The summed E-state index contributed by atoms with van der Waals surface area (Å²) in [6, 6.07) is 9.06. The number of anilines is 2. The Balaban J connectivity index is 1.86. The van der Waals surface area contributed by atoms with Crippen LogP contribution in [0.5, 0.6) is 0 Å². The van der Waals surface area contributed by atoms with Crippen LogP contribution in [0.15, 0.2) is 41.0 Å². The van der Waals surface area contributed by atoms with Crippen LogP contribution in [0.25, 0.3) is 0 Å². The molecule has 0 saturated carbocycles. The van der Waals surface area contributed by atoms with Crippen LogP contribution in [0.3, 0.4) is 0 Å². The zero-order valence-corrected chi connectivity index (χ0v) is 11.7. The van der Waals surface area contributed by atoms with E-state index in [1.807, 2.05) is 37.1 Å². The van der Waals surface area contributed by atoms with Gasteiger partial charge in [0.2, 0.25) is 5.91 Å². The van der Waals surface area contributed by atoms with E-state index in [0.29, 0.717) is 24.5 Å². The van der Waals surface area contributed by atoms with Crippen LogP contribution in [-0.2, 0) is 11.3 Å². The summed E-state index contributed by atoms with van der Waals surface area (Å²) in [5, 5.41) is 2.82. The average molecular weight is 273 g/mol. The Morgan fingerprint density at radius 2 is 2.20 bits per heavy atom. The fourth-order valence-electron chi connectivity index (χ4n) is 1.98. The fraction of sp³-hybridized carbons (Fsp3) is 0.267. The average Bonchev–Trinajstić information content (AvgIpc) is 2.74. The maximum Gasteiger partial charge on any atom is 0.238 e. The summed E-state index contributed by atoms with van der Waals surface area (Å²) in [6.07, 6.45) is 1.66. The maximum atomic E-state index is 11.9. The van der Waals surface area contributed by atoms with Crippen molar-refractivity contribution in [3.05, 3.63) is 47.9 Å². The largest absolute Gasteiger partial charge is 0.469 e. The molecule has 0 aliphatic carbocycles. The number of carbonyl (C=O) groups is 1. The number of likely N-dealkylation sites (N-methyl/N-ethyl adjacent to an activating group) is 1. The molecule has 1 aromatic carbocycles. The molecule has 2 rings (SSSR count). The highest BCUT2D eigenvalue weighted by atomic mass is 16.3. The molecule has 2 aromatic rings. The van der Waals surface area contributed by atoms with Crippen molar-refractivity contribution in [1.82, 2.24) is 4.90 Å². The first-order valence-electron chi connectivity index (χ1n) is 6.41. The van der Waals surface area contributed by atoms with Gasteiger partial charge in [-0.1, -0.05) is 6.07 Å². The molecule has 0 aliphatic rings. The molecule has 0 fully saturated rings. The lowest BCUT2D eigenvalue weighted by atomic mass is 10.2. The summed E-state index contributed by atoms with van der Waals surface area (Å²) >= 11 is 0. The van der Waals surface area contributed by atoms with E-state index >= 15 is 0 Å². The number of hydrogen-bond donors (Lipinski definition) is 2. The number of benzene rings is 1. The van der Waals surface area contributed by atoms with Gasteiger partial charge in [0.05, 0.1) is 12.8 Å². The van der Waals surface area contributed by atoms with Crippen LogP contribution in [0.4, 0.5) is 11.4 Å². The molecule has 0 saturated heterocycles. The second-order valence-electron chi connectivity index (χ2n) is 4.85. The van der Waals surface area contributed by atoms with Gasteiger partial charge in [-0.25, -0.2) is 0 Å². The molecule has 1 heterocycles. The summed E-state index contributed by atoms with van der Waals surface area (Å²) in [5.74, 6) is 0.812. The van der Waals surface area contributed by atoms with Crippen LogP contribution in [0, 0.1) is 6.92 Å². The molecule has 5 heteroatoms. The highest BCUT2D eigenvalue weighted by Gasteiger charge is 2.10. The third kappa shape index (κ3) is 3.86. The number of furan rings is 1. The quantitative estimate of drug-likeness (QED) is 0.820. The van der Waals surface area contributed by atoms with Gasteiger partial charge < -0.3 is 15.5 Å². The SMILES string of the molecule is Cc1occc1CN(C)CC(=O)Nc1cccc(N)c1. The third-order valence-corrected chi connectivity index (χ3v) is 2.99. The van der Waals surface area contributed by atoms with Gasteiger partial charge in [-0.15, -0.1) is 0 Å². The Labute approximate surface area is 118 Å². The molecular weight excluding hydrogens is 254 g/mol. The van der Waals surface area contributed by atoms with E-state index in [1.54, 1.807) is 18.4 Å². The number of carbonyl (C=O) groups excluding carboxylic acids is 1. The van der Waals surface area contributed by atoms with Crippen LogP contribution in [0.1, 0.15) is 11.3 Å². The van der Waals surface area contributed by atoms with E-state index in [9.17, 15) is 4.79 Å². The third-order valence-electron chi connectivity index (χ3n) is 2.99.